The fraction of sp³-hybridized carbons (Fsp3) is 0.200. The molecule has 0 rings (SSSR count). The summed E-state index contributed by atoms with van der Waals surface area (Å²) in [6.07, 6.45) is 0.256. The molecule has 0 aromatic carbocycles. The van der Waals surface area contributed by atoms with Crippen LogP contribution in [0.1, 0.15) is 13.3 Å². The van der Waals surface area contributed by atoms with Gasteiger partial charge in [0.1, 0.15) is 5.78 Å². The first kappa shape index (κ1) is 9.22. The molecule has 0 amide bonds. The van der Waals surface area contributed by atoms with Crippen LogP contribution in [0.3, 0.4) is 0 Å². The minimum Gasteiger partial charge on any atom is -0.299 e. The van der Waals surface area contributed by atoms with Crippen molar-refractivity contribution in [2.24, 2.45) is 0 Å². The zero-order chi connectivity index (χ0) is 8.53. The monoisotopic (exact) mass is 143 g/mol. The van der Waals surface area contributed by atoms with E-state index in [0.29, 0.717) is 0 Å². The van der Waals surface area contributed by atoms with Crippen LogP contribution in [0.2, 0.25) is 0 Å². The van der Waals surface area contributed by atoms with Crippen LogP contribution in [0.4, 0.5) is 0 Å². The van der Waals surface area contributed by atoms with Crippen molar-refractivity contribution in [3.05, 3.63) is 6.92 Å². The second-order valence-electron chi connectivity index (χ2n) is 1.73. The van der Waals surface area contributed by atoms with Gasteiger partial charge in [0.05, 0.1) is 6.42 Å². The van der Waals surface area contributed by atoms with Gasteiger partial charge in [-0.3, -0.25) is 10.7 Å². The Morgan fingerprint density at radius 2 is 1.91 bits per heavy atom. The average Bonchev–Trinajstić information content (AvgIpc) is 1.96. The van der Waals surface area contributed by atoms with Crippen LogP contribution in [0.25, 0.3) is 0 Å². The summed E-state index contributed by atoms with van der Waals surface area (Å²) in [5, 5.41) is 0. The van der Waals surface area contributed by atoms with Gasteiger partial charge in [-0.2, -0.15) is 6.92 Å². The standard InChI is InChI=1S/C10H7O/c1-3-4-5-6-7-8-9-10(2)11/h1,9H2,2H3/q-1. The highest BCUT2D eigenvalue weighted by Gasteiger charge is 1.82. The van der Waals surface area contributed by atoms with E-state index < -0.39 is 0 Å². The lowest BCUT2D eigenvalue weighted by Gasteiger charge is -1.74. The van der Waals surface area contributed by atoms with E-state index in [4.69, 9.17) is 0 Å². The third-order valence-corrected chi connectivity index (χ3v) is 0.702. The molecule has 0 atom stereocenters. The van der Waals surface area contributed by atoms with Crippen molar-refractivity contribution < 1.29 is 4.79 Å². The highest BCUT2D eigenvalue weighted by atomic mass is 16.1. The summed E-state index contributed by atoms with van der Waals surface area (Å²) in [7, 11) is 0. The van der Waals surface area contributed by atoms with Crippen LogP contribution >= 0.6 is 0 Å². The normalized spacial score (nSPS) is 5.55. The first-order chi connectivity index (χ1) is 5.27. The minimum atomic E-state index is 0.0440. The van der Waals surface area contributed by atoms with Gasteiger partial charge in [-0.15, -0.1) is 5.92 Å². The van der Waals surface area contributed by atoms with Gasteiger partial charge in [-0.05, 0) is 18.8 Å². The molecule has 0 bridgehead atoms. The zero-order valence-corrected chi connectivity index (χ0v) is 6.32. The fourth-order valence-corrected chi connectivity index (χ4v) is 0.320. The molecule has 0 aromatic rings. The van der Waals surface area contributed by atoms with Crippen molar-refractivity contribution >= 4 is 5.78 Å². The van der Waals surface area contributed by atoms with Gasteiger partial charge in [-0.25, -0.2) is 5.92 Å². The number of hydrogen-bond acceptors (Lipinski definition) is 1. The third kappa shape index (κ3) is 8.22. The smallest absolute Gasteiger partial charge is 0.141 e. The lowest BCUT2D eigenvalue weighted by Crippen LogP contribution is -1.83. The van der Waals surface area contributed by atoms with Gasteiger partial charge >= 0.3 is 0 Å². The Morgan fingerprint density at radius 1 is 1.27 bits per heavy atom. The summed E-state index contributed by atoms with van der Waals surface area (Å²) >= 11 is 0. The molecule has 0 N–H and O–H groups in total. The molecular weight excluding hydrogens is 136 g/mol. The van der Waals surface area contributed by atoms with Crippen LogP contribution in [0, 0.1) is 42.4 Å². The van der Waals surface area contributed by atoms with Gasteiger partial charge < -0.3 is 0 Å². The summed E-state index contributed by atoms with van der Waals surface area (Å²) in [5.41, 5.74) is 0. The molecule has 0 fully saturated rings. The maximum Gasteiger partial charge on any atom is 0.141 e. The first-order valence-corrected chi connectivity index (χ1v) is 3.01. The Balaban J connectivity index is 3.81. The molecule has 0 radical (unpaired) electrons. The Hall–Kier alpha value is -1.78. The topological polar surface area (TPSA) is 17.1 Å². The average molecular weight is 143 g/mol. The van der Waals surface area contributed by atoms with Gasteiger partial charge in [0.15, 0.2) is 0 Å². The summed E-state index contributed by atoms with van der Waals surface area (Å²) in [6.45, 7) is 4.75. The number of ketones is 1. The van der Waals surface area contributed by atoms with Crippen LogP contribution in [-0.2, 0) is 4.79 Å². The Kier molecular flexibility index (Phi) is 5.32. The van der Waals surface area contributed by atoms with Crippen molar-refractivity contribution in [2.45, 2.75) is 13.3 Å². The Labute approximate surface area is 67.2 Å². The van der Waals surface area contributed by atoms with Crippen molar-refractivity contribution in [1.82, 2.24) is 0 Å². The van der Waals surface area contributed by atoms with E-state index in [1.54, 1.807) is 0 Å². The largest absolute Gasteiger partial charge is 0.299 e. The number of Topliss-reactive ketones (excluding diaryl/α,β-unsaturated/α-hetero) is 1. The summed E-state index contributed by atoms with van der Waals surface area (Å²) in [6, 6.07) is 0. The lowest BCUT2D eigenvalue weighted by molar-refractivity contribution is -0.116. The molecule has 0 spiro atoms. The van der Waals surface area contributed by atoms with Crippen LogP contribution in [0.15, 0.2) is 0 Å². The van der Waals surface area contributed by atoms with Crippen LogP contribution < -0.4 is 0 Å². The van der Waals surface area contributed by atoms with E-state index in [0.717, 1.165) is 0 Å². The number of rotatable bonds is 1. The predicted octanol–water partition coefficient (Wildman–Crippen LogP) is 0.810. The molecule has 0 saturated carbocycles. The molecule has 0 aliphatic rings. The number of carbonyl (C=O) groups is 1. The van der Waals surface area contributed by atoms with Crippen molar-refractivity contribution in [2.75, 3.05) is 0 Å². The van der Waals surface area contributed by atoms with E-state index in [1.165, 1.54) is 6.92 Å². The van der Waals surface area contributed by atoms with Crippen molar-refractivity contribution in [1.29, 1.82) is 0 Å². The maximum absolute atomic E-state index is 10.3. The van der Waals surface area contributed by atoms with Crippen LogP contribution in [0.5, 0.6) is 0 Å². The SMILES string of the molecule is [CH2-]C#CC#CC#CCC(C)=O. The Morgan fingerprint density at radius 3 is 2.45 bits per heavy atom. The molecule has 11 heavy (non-hydrogen) atoms. The van der Waals surface area contributed by atoms with E-state index in [9.17, 15) is 4.79 Å². The number of hydrogen-bond donors (Lipinski definition) is 0. The summed E-state index contributed by atoms with van der Waals surface area (Å²) < 4.78 is 0. The predicted molar refractivity (Wildman–Crippen MR) is 44.0 cm³/mol. The Bertz CT molecular complexity index is 304. The van der Waals surface area contributed by atoms with Crippen LogP contribution in [-0.4, -0.2) is 5.78 Å². The first-order valence-electron chi connectivity index (χ1n) is 3.01. The molecule has 1 nitrogen and oxygen atoms in total. The highest BCUT2D eigenvalue weighted by molar-refractivity contribution is 5.78. The molecule has 0 aromatic heterocycles. The fourth-order valence-electron chi connectivity index (χ4n) is 0.320. The van der Waals surface area contributed by atoms with Gasteiger partial charge in [0.2, 0.25) is 0 Å². The van der Waals surface area contributed by atoms with E-state index >= 15 is 0 Å². The molecule has 0 unspecified atom stereocenters. The van der Waals surface area contributed by atoms with E-state index in [1.807, 2.05) is 0 Å². The molecule has 0 aliphatic heterocycles. The van der Waals surface area contributed by atoms with Gasteiger partial charge in [0, 0.05) is 0 Å². The molecule has 0 heterocycles. The third-order valence-electron chi connectivity index (χ3n) is 0.702. The molecule has 54 valence electrons. The molecular formula is C10H7O-. The summed E-state index contributed by atoms with van der Waals surface area (Å²) in [4.78, 5) is 10.3. The lowest BCUT2D eigenvalue weighted by atomic mass is 10.3. The van der Waals surface area contributed by atoms with Crippen molar-refractivity contribution in [3.63, 3.8) is 0 Å². The minimum absolute atomic E-state index is 0.0440. The van der Waals surface area contributed by atoms with E-state index in [-0.39, 0.29) is 12.2 Å². The second kappa shape index (κ2) is 6.34. The van der Waals surface area contributed by atoms with Crippen molar-refractivity contribution in [3.8, 4) is 35.5 Å². The molecule has 0 aliphatic carbocycles. The van der Waals surface area contributed by atoms with Gasteiger partial charge in [-0.1, -0.05) is 5.92 Å². The van der Waals surface area contributed by atoms with Gasteiger partial charge in [0.25, 0.3) is 0 Å². The summed E-state index contributed by atoms with van der Waals surface area (Å²) in [5.74, 6) is 14.8. The number of carbonyl (C=O) groups excluding carboxylic acids is 1. The maximum atomic E-state index is 10.3. The molecule has 1 heteroatoms. The quantitative estimate of drug-likeness (QED) is 0.392. The highest BCUT2D eigenvalue weighted by Crippen LogP contribution is 1.74. The zero-order valence-electron chi connectivity index (χ0n) is 6.32. The van der Waals surface area contributed by atoms with E-state index in [2.05, 4.69) is 42.4 Å². The second-order valence-corrected chi connectivity index (χ2v) is 1.73. The molecule has 0 saturated heterocycles.